The smallest absolute Gasteiger partial charge is 0.264 e. The number of sulfonamides is 1. The molecular formula is C31H33ClFN3O6S. The van der Waals surface area contributed by atoms with Gasteiger partial charge in [-0.25, -0.2) is 12.8 Å². The number of hydrogen-bond acceptors (Lipinski definition) is 6. The van der Waals surface area contributed by atoms with E-state index in [1.165, 1.54) is 35.2 Å². The lowest BCUT2D eigenvalue weighted by Crippen LogP contribution is -2.52. The van der Waals surface area contributed by atoms with Crippen molar-refractivity contribution in [2.75, 3.05) is 24.1 Å². The van der Waals surface area contributed by atoms with Crippen LogP contribution >= 0.6 is 11.6 Å². The SMILES string of the molecule is C[C@@H](C(=O)NC1CCCC1)N(Cc1ccc(Cl)cc1)C(=O)CN(c1ccc(F)cc1)S(=O)(=O)c1ccc2c(c1)OCCO2. The van der Waals surface area contributed by atoms with Crippen molar-refractivity contribution >= 4 is 39.1 Å². The molecule has 0 saturated heterocycles. The zero-order valence-corrected chi connectivity index (χ0v) is 25.2. The van der Waals surface area contributed by atoms with Gasteiger partial charge in [-0.3, -0.25) is 13.9 Å². The molecule has 0 radical (unpaired) electrons. The van der Waals surface area contributed by atoms with Crippen molar-refractivity contribution in [2.45, 2.75) is 56.1 Å². The van der Waals surface area contributed by atoms with Crippen LogP contribution in [0.1, 0.15) is 38.2 Å². The molecule has 43 heavy (non-hydrogen) atoms. The molecule has 0 bridgehead atoms. The number of nitrogens with one attached hydrogen (secondary N) is 1. The number of rotatable bonds is 10. The Balaban J connectivity index is 1.48. The monoisotopic (exact) mass is 629 g/mol. The second kappa shape index (κ2) is 13.2. The van der Waals surface area contributed by atoms with Crippen molar-refractivity contribution in [3.8, 4) is 11.5 Å². The number of carbonyl (C=O) groups excluding carboxylic acids is 2. The molecule has 3 aromatic rings. The summed E-state index contributed by atoms with van der Waals surface area (Å²) in [6, 6.07) is 15.0. The number of fused-ring (bicyclic) bond motifs is 1. The van der Waals surface area contributed by atoms with E-state index in [1.807, 2.05) is 0 Å². The number of nitrogens with zero attached hydrogens (tertiary/aromatic N) is 2. The van der Waals surface area contributed by atoms with E-state index in [2.05, 4.69) is 5.32 Å². The molecule has 1 heterocycles. The van der Waals surface area contributed by atoms with Gasteiger partial charge in [-0.15, -0.1) is 0 Å². The summed E-state index contributed by atoms with van der Waals surface area (Å²) >= 11 is 6.06. The van der Waals surface area contributed by atoms with Gasteiger partial charge in [0, 0.05) is 23.7 Å². The molecule has 0 spiro atoms. The van der Waals surface area contributed by atoms with Crippen molar-refractivity contribution in [2.24, 2.45) is 0 Å². The molecule has 1 atom stereocenters. The molecule has 1 saturated carbocycles. The van der Waals surface area contributed by atoms with Crippen LogP contribution in [0.5, 0.6) is 11.5 Å². The van der Waals surface area contributed by atoms with Gasteiger partial charge in [-0.1, -0.05) is 36.6 Å². The summed E-state index contributed by atoms with van der Waals surface area (Å²) in [6.45, 7) is 1.62. The molecular weight excluding hydrogens is 597 g/mol. The Morgan fingerprint density at radius 2 is 1.63 bits per heavy atom. The number of halogens is 2. The van der Waals surface area contributed by atoms with Crippen LogP contribution < -0.4 is 19.1 Å². The van der Waals surface area contributed by atoms with E-state index in [-0.39, 0.29) is 41.4 Å². The highest BCUT2D eigenvalue weighted by atomic mass is 35.5. The van der Waals surface area contributed by atoms with Gasteiger partial charge in [0.25, 0.3) is 10.0 Å². The highest BCUT2D eigenvalue weighted by molar-refractivity contribution is 7.92. The van der Waals surface area contributed by atoms with Crippen LogP contribution in [0.2, 0.25) is 5.02 Å². The number of benzene rings is 3. The molecule has 5 rings (SSSR count). The summed E-state index contributed by atoms with van der Waals surface area (Å²) in [5, 5.41) is 3.55. The highest BCUT2D eigenvalue weighted by Crippen LogP contribution is 2.34. The summed E-state index contributed by atoms with van der Waals surface area (Å²) in [5.74, 6) is -0.829. The Morgan fingerprint density at radius 1 is 0.977 bits per heavy atom. The number of hydrogen-bond donors (Lipinski definition) is 1. The van der Waals surface area contributed by atoms with E-state index in [0.717, 1.165) is 42.1 Å². The van der Waals surface area contributed by atoms with Gasteiger partial charge in [0.2, 0.25) is 11.8 Å². The maximum Gasteiger partial charge on any atom is 0.264 e. The third kappa shape index (κ3) is 7.22. The van der Waals surface area contributed by atoms with E-state index >= 15 is 0 Å². The maximum absolute atomic E-state index is 14.1. The van der Waals surface area contributed by atoms with Crippen LogP contribution in [0.15, 0.2) is 71.6 Å². The lowest BCUT2D eigenvalue weighted by Gasteiger charge is -2.32. The van der Waals surface area contributed by atoms with Crippen molar-refractivity contribution in [1.29, 1.82) is 0 Å². The Morgan fingerprint density at radius 3 is 2.30 bits per heavy atom. The van der Waals surface area contributed by atoms with Crippen LogP contribution in [0.25, 0.3) is 0 Å². The molecule has 12 heteroatoms. The maximum atomic E-state index is 14.1. The quantitative estimate of drug-likeness (QED) is 0.341. The van der Waals surface area contributed by atoms with Crippen LogP contribution in [0.3, 0.4) is 0 Å². The van der Waals surface area contributed by atoms with Gasteiger partial charge in [0.1, 0.15) is 31.6 Å². The van der Waals surface area contributed by atoms with Crippen LogP contribution in [-0.4, -0.2) is 57.0 Å². The van der Waals surface area contributed by atoms with Crippen LogP contribution in [0, 0.1) is 5.82 Å². The first-order chi connectivity index (χ1) is 20.6. The molecule has 1 aliphatic carbocycles. The van der Waals surface area contributed by atoms with Gasteiger partial charge in [0.15, 0.2) is 11.5 Å². The number of amides is 2. The molecule has 2 aliphatic rings. The first-order valence-corrected chi connectivity index (χ1v) is 16.0. The Labute approximate surface area is 255 Å². The minimum absolute atomic E-state index is 0.0359. The molecule has 0 aromatic heterocycles. The minimum Gasteiger partial charge on any atom is -0.486 e. The molecule has 1 aliphatic heterocycles. The van der Waals surface area contributed by atoms with Gasteiger partial charge < -0.3 is 19.7 Å². The average Bonchev–Trinajstić information content (AvgIpc) is 3.52. The van der Waals surface area contributed by atoms with Crippen molar-refractivity contribution in [3.63, 3.8) is 0 Å². The number of ether oxygens (including phenoxy) is 2. The third-order valence-electron chi connectivity index (χ3n) is 7.63. The van der Waals surface area contributed by atoms with Crippen molar-refractivity contribution < 1.29 is 31.9 Å². The van der Waals surface area contributed by atoms with Crippen molar-refractivity contribution in [1.82, 2.24) is 10.2 Å². The van der Waals surface area contributed by atoms with E-state index in [4.69, 9.17) is 21.1 Å². The zero-order chi connectivity index (χ0) is 30.6. The van der Waals surface area contributed by atoms with E-state index in [1.54, 1.807) is 31.2 Å². The molecule has 0 unspecified atom stereocenters. The molecule has 2 amide bonds. The Bertz CT molecular complexity index is 1560. The first kappa shape index (κ1) is 30.6. The second-order valence-electron chi connectivity index (χ2n) is 10.6. The molecule has 228 valence electrons. The van der Waals surface area contributed by atoms with Gasteiger partial charge >= 0.3 is 0 Å². The summed E-state index contributed by atoms with van der Waals surface area (Å²) in [4.78, 5) is 28.6. The van der Waals surface area contributed by atoms with Crippen LogP contribution in [-0.2, 0) is 26.2 Å². The highest BCUT2D eigenvalue weighted by Gasteiger charge is 2.34. The Kier molecular flexibility index (Phi) is 9.41. The lowest BCUT2D eigenvalue weighted by atomic mass is 10.1. The van der Waals surface area contributed by atoms with Crippen LogP contribution in [0.4, 0.5) is 10.1 Å². The number of anilines is 1. The third-order valence-corrected chi connectivity index (χ3v) is 9.65. The normalized spacial score (nSPS) is 15.5. The van der Waals surface area contributed by atoms with E-state index < -0.39 is 34.3 Å². The molecule has 1 N–H and O–H groups in total. The summed E-state index contributed by atoms with van der Waals surface area (Å²) in [6.07, 6.45) is 3.79. The number of carbonyl (C=O) groups is 2. The fraction of sp³-hybridized carbons (Fsp3) is 0.355. The summed E-state index contributed by atoms with van der Waals surface area (Å²) in [7, 11) is -4.36. The Hall–Kier alpha value is -3.83. The van der Waals surface area contributed by atoms with Gasteiger partial charge in [0.05, 0.1) is 10.6 Å². The largest absolute Gasteiger partial charge is 0.486 e. The molecule has 9 nitrogen and oxygen atoms in total. The zero-order valence-electron chi connectivity index (χ0n) is 23.7. The second-order valence-corrected chi connectivity index (χ2v) is 12.9. The average molecular weight is 630 g/mol. The van der Waals surface area contributed by atoms with Gasteiger partial charge in [-0.05, 0) is 73.9 Å². The summed E-state index contributed by atoms with van der Waals surface area (Å²) < 4.78 is 54.0. The topological polar surface area (TPSA) is 105 Å². The fourth-order valence-corrected chi connectivity index (χ4v) is 6.76. The lowest BCUT2D eigenvalue weighted by molar-refractivity contribution is -0.139. The van der Waals surface area contributed by atoms with Crippen molar-refractivity contribution in [3.05, 3.63) is 83.1 Å². The standard InChI is InChI=1S/C31H33ClFN3O6S/c1-21(31(38)34-25-4-2-3-5-25)35(19-22-6-8-23(32)9-7-22)30(37)20-36(26-12-10-24(33)11-13-26)43(39,40)27-14-15-28-29(18-27)42-17-16-41-28/h6-15,18,21,25H,2-5,16-17,19-20H2,1H3,(H,34,38)/t21-/m0/s1. The molecule has 3 aromatic carbocycles. The minimum atomic E-state index is -4.36. The van der Waals surface area contributed by atoms with E-state index in [9.17, 15) is 22.4 Å². The summed E-state index contributed by atoms with van der Waals surface area (Å²) in [5.41, 5.74) is 0.792. The predicted molar refractivity (Wildman–Crippen MR) is 160 cm³/mol. The fourth-order valence-electron chi connectivity index (χ4n) is 5.21. The molecule has 1 fully saturated rings. The van der Waals surface area contributed by atoms with E-state index in [0.29, 0.717) is 22.9 Å². The van der Waals surface area contributed by atoms with Gasteiger partial charge in [-0.2, -0.15) is 0 Å². The first-order valence-electron chi connectivity index (χ1n) is 14.1. The predicted octanol–water partition coefficient (Wildman–Crippen LogP) is 4.92.